The van der Waals surface area contributed by atoms with E-state index >= 15 is 0 Å². The summed E-state index contributed by atoms with van der Waals surface area (Å²) in [6.45, 7) is 8.75. The van der Waals surface area contributed by atoms with Gasteiger partial charge in [0, 0.05) is 25.4 Å². The van der Waals surface area contributed by atoms with E-state index in [4.69, 9.17) is 9.47 Å². The number of rotatable bonds is 6. The first-order chi connectivity index (χ1) is 13.3. The van der Waals surface area contributed by atoms with E-state index in [9.17, 15) is 9.59 Å². The van der Waals surface area contributed by atoms with Gasteiger partial charge in [-0.05, 0) is 45.9 Å². The van der Waals surface area contributed by atoms with Crippen molar-refractivity contribution in [3.05, 3.63) is 45.2 Å². The van der Waals surface area contributed by atoms with Crippen molar-refractivity contribution in [2.75, 3.05) is 6.61 Å². The largest absolute Gasteiger partial charge is 0.490 e. The van der Waals surface area contributed by atoms with Gasteiger partial charge in [0.05, 0.1) is 18.4 Å². The van der Waals surface area contributed by atoms with Crippen LogP contribution < -0.4 is 20.7 Å². The van der Waals surface area contributed by atoms with Gasteiger partial charge in [-0.1, -0.05) is 0 Å². The monoisotopic (exact) mass is 384 g/mol. The third-order valence-corrected chi connectivity index (χ3v) is 4.23. The molecule has 0 bridgehead atoms. The summed E-state index contributed by atoms with van der Waals surface area (Å²) in [5.41, 5.74) is 0.453. The summed E-state index contributed by atoms with van der Waals surface area (Å²) < 4.78 is 14.2. The molecule has 0 saturated carbocycles. The zero-order valence-corrected chi connectivity index (χ0v) is 16.7. The van der Waals surface area contributed by atoms with Crippen LogP contribution in [-0.4, -0.2) is 31.8 Å². The van der Waals surface area contributed by atoms with Gasteiger partial charge < -0.3 is 14.0 Å². The minimum absolute atomic E-state index is 0.0153. The molecule has 8 heteroatoms. The fourth-order valence-corrected chi connectivity index (χ4v) is 2.88. The first-order valence-corrected chi connectivity index (χ1v) is 9.27. The second-order valence-electron chi connectivity index (χ2n) is 6.60. The topological polar surface area (TPSA) is 88.2 Å². The second-order valence-corrected chi connectivity index (χ2v) is 6.60. The van der Waals surface area contributed by atoms with Gasteiger partial charge >= 0.3 is 5.69 Å². The molecule has 3 rings (SSSR count). The van der Waals surface area contributed by atoms with Gasteiger partial charge in [-0.2, -0.15) is 4.98 Å². The highest BCUT2D eigenvalue weighted by Gasteiger charge is 2.20. The van der Waals surface area contributed by atoms with Crippen LogP contribution in [0, 0.1) is 0 Å². The minimum atomic E-state index is -0.594. The lowest BCUT2D eigenvalue weighted by Gasteiger charge is -2.17. The summed E-state index contributed by atoms with van der Waals surface area (Å²) in [5.74, 6) is 1.54. The van der Waals surface area contributed by atoms with Crippen LogP contribution >= 0.6 is 0 Å². The van der Waals surface area contributed by atoms with Crippen molar-refractivity contribution < 1.29 is 9.47 Å². The Morgan fingerprint density at radius 3 is 2.50 bits per heavy atom. The normalized spacial score (nSPS) is 11.2. The average Bonchev–Trinajstić information content (AvgIpc) is 2.67. The predicted molar refractivity (Wildman–Crippen MR) is 106 cm³/mol. The highest BCUT2D eigenvalue weighted by Crippen LogP contribution is 2.33. The molecule has 0 atom stereocenters. The van der Waals surface area contributed by atoms with Crippen LogP contribution in [0.2, 0.25) is 0 Å². The van der Waals surface area contributed by atoms with Gasteiger partial charge in [-0.25, -0.2) is 9.78 Å². The van der Waals surface area contributed by atoms with Crippen LogP contribution in [0.15, 0.2) is 34.0 Å². The van der Waals surface area contributed by atoms with Crippen LogP contribution in [0.3, 0.4) is 0 Å². The van der Waals surface area contributed by atoms with Crippen LogP contribution in [0.4, 0.5) is 0 Å². The minimum Gasteiger partial charge on any atom is -0.490 e. The summed E-state index contributed by atoms with van der Waals surface area (Å²) in [6, 6.07) is 5.54. The van der Waals surface area contributed by atoms with Gasteiger partial charge in [0.25, 0.3) is 5.56 Å². The van der Waals surface area contributed by atoms with E-state index in [-0.39, 0.29) is 17.6 Å². The summed E-state index contributed by atoms with van der Waals surface area (Å²) in [6.07, 6.45) is 1.80. The summed E-state index contributed by atoms with van der Waals surface area (Å²) in [5, 5.41) is 0. The Balaban J connectivity index is 2.21. The summed E-state index contributed by atoms with van der Waals surface area (Å²) in [4.78, 5) is 32.9. The number of fused-ring (bicyclic) bond motifs is 1. The SMILES string of the molecule is CCOc1cc(-c2cn(CC)c3nc(=O)n(C)c(=O)c-3n2)ccc1OC(C)C. The number of aryl methyl sites for hydroxylation is 1. The Morgan fingerprint density at radius 1 is 1.11 bits per heavy atom. The second kappa shape index (κ2) is 7.84. The van der Waals surface area contributed by atoms with Crippen LogP contribution in [-0.2, 0) is 13.6 Å². The van der Waals surface area contributed by atoms with Gasteiger partial charge in [0.1, 0.15) is 0 Å². The Kier molecular flexibility index (Phi) is 5.48. The fraction of sp³-hybridized carbons (Fsp3) is 0.400. The van der Waals surface area contributed by atoms with Gasteiger partial charge in [-0.3, -0.25) is 9.36 Å². The molecule has 0 N–H and O–H groups in total. The van der Waals surface area contributed by atoms with Crippen molar-refractivity contribution in [1.82, 2.24) is 19.1 Å². The molecular weight excluding hydrogens is 360 g/mol. The lowest BCUT2D eigenvalue weighted by atomic mass is 10.1. The van der Waals surface area contributed by atoms with E-state index in [2.05, 4.69) is 9.97 Å². The van der Waals surface area contributed by atoms with E-state index in [1.54, 1.807) is 10.8 Å². The number of aromatic nitrogens is 4. The van der Waals surface area contributed by atoms with Crippen LogP contribution in [0.5, 0.6) is 11.5 Å². The summed E-state index contributed by atoms with van der Waals surface area (Å²) in [7, 11) is 1.40. The summed E-state index contributed by atoms with van der Waals surface area (Å²) >= 11 is 0. The Morgan fingerprint density at radius 2 is 1.86 bits per heavy atom. The Hall–Kier alpha value is -3.16. The molecule has 1 aromatic carbocycles. The van der Waals surface area contributed by atoms with Crippen LogP contribution in [0.1, 0.15) is 27.7 Å². The zero-order valence-electron chi connectivity index (χ0n) is 16.7. The number of benzene rings is 1. The maximum atomic E-state index is 12.5. The number of hydrogen-bond donors (Lipinski definition) is 0. The van der Waals surface area contributed by atoms with E-state index in [0.29, 0.717) is 30.3 Å². The first-order valence-electron chi connectivity index (χ1n) is 9.27. The molecule has 0 fully saturated rings. The highest BCUT2D eigenvalue weighted by atomic mass is 16.5. The maximum Gasteiger partial charge on any atom is 0.352 e. The van der Waals surface area contributed by atoms with E-state index < -0.39 is 11.2 Å². The van der Waals surface area contributed by atoms with E-state index in [0.717, 1.165) is 10.1 Å². The van der Waals surface area contributed by atoms with Crippen molar-refractivity contribution in [1.29, 1.82) is 0 Å². The van der Waals surface area contributed by atoms with Crippen molar-refractivity contribution in [3.8, 4) is 34.3 Å². The standard InChI is InChI=1S/C20H24N4O4/c1-6-24-11-14(21-17-18(24)22-20(26)23(5)19(17)25)13-8-9-15(28-12(3)4)16(10-13)27-7-2/h8-12H,6-7H2,1-5H3. The maximum absolute atomic E-state index is 12.5. The molecule has 1 aromatic rings. The molecule has 8 nitrogen and oxygen atoms in total. The Labute approximate surface area is 162 Å². The molecule has 0 aromatic heterocycles. The van der Waals surface area contributed by atoms with Gasteiger partial charge in [0.15, 0.2) is 23.0 Å². The molecule has 28 heavy (non-hydrogen) atoms. The van der Waals surface area contributed by atoms with Crippen molar-refractivity contribution >= 4 is 0 Å². The van der Waals surface area contributed by atoms with Gasteiger partial charge in [-0.15, -0.1) is 0 Å². The van der Waals surface area contributed by atoms with Crippen molar-refractivity contribution in [2.45, 2.75) is 40.3 Å². The quantitative estimate of drug-likeness (QED) is 0.648. The third kappa shape index (κ3) is 3.62. The molecule has 0 unspecified atom stereocenters. The molecule has 0 amide bonds. The molecule has 2 heterocycles. The fourth-order valence-electron chi connectivity index (χ4n) is 2.88. The lowest BCUT2D eigenvalue weighted by molar-refractivity contribution is 0.224. The Bertz CT molecular complexity index is 1080. The zero-order chi connectivity index (χ0) is 20.4. The molecule has 0 radical (unpaired) electrons. The number of nitrogens with zero attached hydrogens (tertiary/aromatic N) is 4. The molecule has 0 saturated heterocycles. The molecule has 0 spiro atoms. The molecule has 2 aliphatic rings. The van der Waals surface area contributed by atoms with E-state index in [1.807, 2.05) is 45.9 Å². The van der Waals surface area contributed by atoms with E-state index in [1.165, 1.54) is 7.05 Å². The average molecular weight is 384 g/mol. The molecule has 2 aliphatic heterocycles. The highest BCUT2D eigenvalue weighted by molar-refractivity contribution is 5.66. The van der Waals surface area contributed by atoms with Crippen LogP contribution in [0.25, 0.3) is 22.8 Å². The number of ether oxygens (including phenoxy) is 2. The van der Waals surface area contributed by atoms with Gasteiger partial charge in [0.2, 0.25) is 0 Å². The third-order valence-electron chi connectivity index (χ3n) is 4.23. The smallest absolute Gasteiger partial charge is 0.352 e. The first kappa shape index (κ1) is 19.6. The van der Waals surface area contributed by atoms with Crippen molar-refractivity contribution in [2.24, 2.45) is 7.05 Å². The number of hydrogen-bond acceptors (Lipinski definition) is 6. The van der Waals surface area contributed by atoms with Crippen molar-refractivity contribution in [3.63, 3.8) is 0 Å². The molecule has 148 valence electrons. The lowest BCUT2D eigenvalue weighted by Crippen LogP contribution is -2.36. The molecular formula is C20H24N4O4. The predicted octanol–water partition coefficient (Wildman–Crippen LogP) is 2.31. The molecule has 0 aliphatic carbocycles.